The number of aryl methyl sites for hydroxylation is 2. The van der Waals surface area contributed by atoms with Crippen molar-refractivity contribution in [2.45, 2.75) is 32.2 Å². The molecule has 3 rings (SSSR count). The number of hydrogen-bond acceptors (Lipinski definition) is 2. The highest BCUT2D eigenvalue weighted by Crippen LogP contribution is 2.29. The van der Waals surface area contributed by atoms with Crippen molar-refractivity contribution >= 4 is 0 Å². The first-order valence-electron chi connectivity index (χ1n) is 6.15. The van der Waals surface area contributed by atoms with E-state index in [-0.39, 0.29) is 6.04 Å². The van der Waals surface area contributed by atoms with Crippen molar-refractivity contribution in [3.63, 3.8) is 0 Å². The predicted molar refractivity (Wildman–Crippen MR) is 68.2 cm³/mol. The first-order valence-corrected chi connectivity index (χ1v) is 6.15. The molecule has 17 heavy (non-hydrogen) atoms. The first kappa shape index (κ1) is 10.5. The Morgan fingerprint density at radius 3 is 2.82 bits per heavy atom. The largest absolute Gasteiger partial charge is 0.323 e. The molecule has 1 aromatic heterocycles. The summed E-state index contributed by atoms with van der Waals surface area (Å²) in [7, 11) is 0. The maximum atomic E-state index is 6.20. The van der Waals surface area contributed by atoms with Gasteiger partial charge in [-0.2, -0.15) is 5.10 Å². The van der Waals surface area contributed by atoms with E-state index in [0.717, 1.165) is 18.5 Å². The fourth-order valence-corrected chi connectivity index (χ4v) is 2.52. The molecule has 0 saturated heterocycles. The zero-order chi connectivity index (χ0) is 11.8. The third kappa shape index (κ3) is 1.76. The van der Waals surface area contributed by atoms with Gasteiger partial charge >= 0.3 is 0 Å². The second-order valence-electron chi connectivity index (χ2n) is 4.80. The monoisotopic (exact) mass is 227 g/mol. The summed E-state index contributed by atoms with van der Waals surface area (Å²) in [4.78, 5) is 0. The van der Waals surface area contributed by atoms with Crippen molar-refractivity contribution in [2.24, 2.45) is 5.73 Å². The lowest BCUT2D eigenvalue weighted by Crippen LogP contribution is -2.20. The van der Waals surface area contributed by atoms with E-state index in [1.807, 2.05) is 10.9 Å². The van der Waals surface area contributed by atoms with Crippen molar-refractivity contribution < 1.29 is 0 Å². The second kappa shape index (κ2) is 4.00. The predicted octanol–water partition coefficient (Wildman–Crippen LogP) is 2.52. The van der Waals surface area contributed by atoms with Crippen LogP contribution in [0, 0.1) is 6.92 Å². The van der Waals surface area contributed by atoms with Gasteiger partial charge < -0.3 is 5.73 Å². The summed E-state index contributed by atoms with van der Waals surface area (Å²) in [6.45, 7) is 2.09. The molecule has 0 amide bonds. The Hall–Kier alpha value is -1.61. The molecule has 88 valence electrons. The summed E-state index contributed by atoms with van der Waals surface area (Å²) < 4.78 is 2.00. The zero-order valence-electron chi connectivity index (χ0n) is 10.1. The molecule has 2 aromatic rings. The summed E-state index contributed by atoms with van der Waals surface area (Å²) in [5.41, 5.74) is 11.1. The van der Waals surface area contributed by atoms with Crippen LogP contribution in [-0.4, -0.2) is 9.78 Å². The standard InChI is InChI=1S/C14H17N3/c1-10-5-7-12(8-6-10)17-14-11(9-16-17)3-2-4-13(14)15/h5-9,13H,2-4,15H2,1H3. The summed E-state index contributed by atoms with van der Waals surface area (Å²) in [6.07, 6.45) is 5.31. The van der Waals surface area contributed by atoms with Gasteiger partial charge in [-0.25, -0.2) is 4.68 Å². The third-order valence-corrected chi connectivity index (χ3v) is 3.48. The number of fused-ring (bicyclic) bond motifs is 1. The van der Waals surface area contributed by atoms with Crippen LogP contribution in [0.25, 0.3) is 5.69 Å². The number of nitrogens with two attached hydrogens (primary N) is 1. The fourth-order valence-electron chi connectivity index (χ4n) is 2.52. The van der Waals surface area contributed by atoms with Gasteiger partial charge in [-0.15, -0.1) is 0 Å². The van der Waals surface area contributed by atoms with Gasteiger partial charge in [0, 0.05) is 6.04 Å². The Bertz CT molecular complexity index is 525. The van der Waals surface area contributed by atoms with Crippen LogP contribution in [0.1, 0.15) is 35.7 Å². The Balaban J connectivity index is 2.09. The van der Waals surface area contributed by atoms with E-state index in [4.69, 9.17) is 5.73 Å². The van der Waals surface area contributed by atoms with E-state index in [1.165, 1.54) is 23.2 Å². The van der Waals surface area contributed by atoms with Crippen molar-refractivity contribution in [3.05, 3.63) is 47.3 Å². The van der Waals surface area contributed by atoms with Gasteiger partial charge in [0.25, 0.3) is 0 Å². The minimum atomic E-state index is 0.127. The van der Waals surface area contributed by atoms with Gasteiger partial charge in [-0.1, -0.05) is 17.7 Å². The third-order valence-electron chi connectivity index (χ3n) is 3.48. The van der Waals surface area contributed by atoms with Crippen molar-refractivity contribution in [2.75, 3.05) is 0 Å². The summed E-state index contributed by atoms with van der Waals surface area (Å²) in [5.74, 6) is 0. The first-order chi connectivity index (χ1) is 8.25. The van der Waals surface area contributed by atoms with Crippen LogP contribution in [0.5, 0.6) is 0 Å². The second-order valence-corrected chi connectivity index (χ2v) is 4.80. The number of rotatable bonds is 1. The summed E-state index contributed by atoms with van der Waals surface area (Å²) >= 11 is 0. The van der Waals surface area contributed by atoms with Crippen LogP contribution in [0.15, 0.2) is 30.5 Å². The van der Waals surface area contributed by atoms with E-state index in [1.54, 1.807) is 0 Å². The van der Waals surface area contributed by atoms with Gasteiger partial charge in [0.05, 0.1) is 17.6 Å². The molecule has 3 heteroatoms. The van der Waals surface area contributed by atoms with Crippen LogP contribution in [0.4, 0.5) is 0 Å². The normalized spacial score (nSPS) is 19.1. The molecule has 0 radical (unpaired) electrons. The van der Waals surface area contributed by atoms with Gasteiger partial charge in [0.1, 0.15) is 0 Å². The highest BCUT2D eigenvalue weighted by atomic mass is 15.3. The maximum Gasteiger partial charge on any atom is 0.0649 e. The molecule has 0 fully saturated rings. The van der Waals surface area contributed by atoms with Crippen LogP contribution in [-0.2, 0) is 6.42 Å². The van der Waals surface area contributed by atoms with Crippen LogP contribution >= 0.6 is 0 Å². The van der Waals surface area contributed by atoms with E-state index in [2.05, 4.69) is 36.3 Å². The minimum Gasteiger partial charge on any atom is -0.323 e. The average molecular weight is 227 g/mol. The van der Waals surface area contributed by atoms with Crippen LogP contribution in [0.3, 0.4) is 0 Å². The molecule has 0 bridgehead atoms. The number of nitrogens with zero attached hydrogens (tertiary/aromatic N) is 2. The van der Waals surface area contributed by atoms with Gasteiger partial charge in [0.15, 0.2) is 0 Å². The summed E-state index contributed by atoms with van der Waals surface area (Å²) in [6, 6.07) is 8.55. The fraction of sp³-hybridized carbons (Fsp3) is 0.357. The molecule has 1 atom stereocenters. The molecule has 2 N–H and O–H groups in total. The van der Waals surface area contributed by atoms with Gasteiger partial charge in [0.2, 0.25) is 0 Å². The Kier molecular flexibility index (Phi) is 2.48. The quantitative estimate of drug-likeness (QED) is 0.813. The van der Waals surface area contributed by atoms with Gasteiger partial charge in [-0.05, 0) is 43.9 Å². The highest BCUT2D eigenvalue weighted by Gasteiger charge is 2.22. The lowest BCUT2D eigenvalue weighted by molar-refractivity contribution is 0.542. The smallest absolute Gasteiger partial charge is 0.0649 e. The Labute approximate surface area is 101 Å². The van der Waals surface area contributed by atoms with E-state index >= 15 is 0 Å². The van der Waals surface area contributed by atoms with Gasteiger partial charge in [-0.3, -0.25) is 0 Å². The molecule has 0 saturated carbocycles. The molecule has 3 nitrogen and oxygen atoms in total. The molecule has 1 heterocycles. The van der Waals surface area contributed by atoms with E-state index < -0.39 is 0 Å². The lowest BCUT2D eigenvalue weighted by atomic mass is 9.94. The SMILES string of the molecule is Cc1ccc(-n2ncc3c2C(N)CCC3)cc1. The minimum absolute atomic E-state index is 0.127. The molecule has 0 aliphatic heterocycles. The van der Waals surface area contributed by atoms with E-state index in [9.17, 15) is 0 Å². The lowest BCUT2D eigenvalue weighted by Gasteiger charge is -2.20. The number of aromatic nitrogens is 2. The van der Waals surface area contributed by atoms with Crippen molar-refractivity contribution in [1.82, 2.24) is 9.78 Å². The average Bonchev–Trinajstić information content (AvgIpc) is 2.75. The zero-order valence-corrected chi connectivity index (χ0v) is 10.1. The number of benzene rings is 1. The molecular weight excluding hydrogens is 210 g/mol. The molecule has 0 spiro atoms. The Morgan fingerprint density at radius 2 is 2.06 bits per heavy atom. The van der Waals surface area contributed by atoms with Crippen LogP contribution < -0.4 is 5.73 Å². The van der Waals surface area contributed by atoms with Crippen molar-refractivity contribution in [3.8, 4) is 5.69 Å². The van der Waals surface area contributed by atoms with Crippen molar-refractivity contribution in [1.29, 1.82) is 0 Å². The number of hydrogen-bond donors (Lipinski definition) is 1. The Morgan fingerprint density at radius 1 is 1.29 bits per heavy atom. The molecular formula is C14H17N3. The topological polar surface area (TPSA) is 43.8 Å². The van der Waals surface area contributed by atoms with E-state index in [0.29, 0.717) is 0 Å². The molecule has 1 unspecified atom stereocenters. The van der Waals surface area contributed by atoms with Crippen LogP contribution in [0.2, 0.25) is 0 Å². The molecule has 1 aliphatic carbocycles. The summed E-state index contributed by atoms with van der Waals surface area (Å²) in [5, 5.41) is 4.48. The maximum absolute atomic E-state index is 6.20. The highest BCUT2D eigenvalue weighted by molar-refractivity contribution is 5.38. The molecule has 1 aliphatic rings. The molecule has 1 aromatic carbocycles.